The first-order chi connectivity index (χ1) is 17.2. The molecule has 4 N–H and O–H groups in total. The van der Waals surface area contributed by atoms with E-state index < -0.39 is 24.3 Å². The molecule has 194 valence electrons. The van der Waals surface area contributed by atoms with Crippen molar-refractivity contribution in [3.8, 4) is 11.5 Å². The average Bonchev–Trinajstić information content (AvgIpc) is 3.32. The molecule has 0 saturated heterocycles. The Morgan fingerprint density at radius 3 is 2.72 bits per heavy atom. The largest absolute Gasteiger partial charge is 0.490 e. The maximum Gasteiger partial charge on any atom is 0.337 e. The van der Waals surface area contributed by atoms with E-state index in [9.17, 15) is 14.7 Å². The molecule has 0 fully saturated rings. The number of hydrazone groups is 1. The van der Waals surface area contributed by atoms with Crippen LogP contribution in [0.4, 0.5) is 10.7 Å². The molecule has 2 heterocycles. The van der Waals surface area contributed by atoms with Gasteiger partial charge in [-0.3, -0.25) is 5.43 Å². The Hall–Kier alpha value is -4.19. The second kappa shape index (κ2) is 12.0. The van der Waals surface area contributed by atoms with Gasteiger partial charge in [-0.15, -0.1) is 0 Å². The summed E-state index contributed by atoms with van der Waals surface area (Å²) in [6.07, 6.45) is 0.331. The molecule has 3 rings (SSSR count). The van der Waals surface area contributed by atoms with Crippen LogP contribution in [-0.2, 0) is 9.53 Å². The molecule has 0 aliphatic carbocycles. The number of nitrogens with one attached hydrogen (secondary N) is 3. The number of benzene rings is 1. The van der Waals surface area contributed by atoms with Crippen LogP contribution in [0.25, 0.3) is 0 Å². The number of nitrogens with zero attached hydrogens (tertiary/aromatic N) is 2. The van der Waals surface area contributed by atoms with Gasteiger partial charge in [0.2, 0.25) is 0 Å². The van der Waals surface area contributed by atoms with Crippen LogP contribution in [-0.4, -0.2) is 64.0 Å². The first kappa shape index (κ1) is 26.4. The summed E-state index contributed by atoms with van der Waals surface area (Å²) in [5.74, 6) is 1.39. The Balaban J connectivity index is 1.69. The van der Waals surface area contributed by atoms with Crippen LogP contribution < -0.4 is 30.4 Å². The third-order valence-corrected chi connectivity index (χ3v) is 5.14. The van der Waals surface area contributed by atoms with Crippen molar-refractivity contribution in [2.75, 3.05) is 39.3 Å². The summed E-state index contributed by atoms with van der Waals surface area (Å²) in [5.41, 5.74) is 3.84. The normalized spacial score (nSPS) is 16.3. The van der Waals surface area contributed by atoms with Gasteiger partial charge in [-0.05, 0) is 37.6 Å². The van der Waals surface area contributed by atoms with E-state index >= 15 is 0 Å². The molecule has 0 bridgehead atoms. The van der Waals surface area contributed by atoms with E-state index in [0.29, 0.717) is 41.0 Å². The van der Waals surface area contributed by atoms with Gasteiger partial charge in [0, 0.05) is 25.9 Å². The summed E-state index contributed by atoms with van der Waals surface area (Å²) < 4.78 is 21.9. The molecule has 0 unspecified atom stereocenters. The number of methoxy groups -OCH3 is 1. The fraction of sp³-hybridized carbons (Fsp3) is 0.375. The van der Waals surface area contributed by atoms with Gasteiger partial charge in [0.25, 0.3) is 0 Å². The number of urea groups is 1. The monoisotopic (exact) mass is 501 g/mol. The minimum absolute atomic E-state index is 0.131. The zero-order valence-electron chi connectivity index (χ0n) is 20.8. The fourth-order valence-corrected chi connectivity index (χ4v) is 3.46. The van der Waals surface area contributed by atoms with Crippen molar-refractivity contribution in [3.05, 3.63) is 52.9 Å². The Morgan fingerprint density at radius 2 is 2.06 bits per heavy atom. The van der Waals surface area contributed by atoms with E-state index in [2.05, 4.69) is 21.2 Å². The number of hydrogen-bond donors (Lipinski definition) is 4. The molecule has 1 aromatic carbocycles. The van der Waals surface area contributed by atoms with Crippen LogP contribution in [0, 0.1) is 0 Å². The van der Waals surface area contributed by atoms with Gasteiger partial charge in [0.05, 0.1) is 31.5 Å². The van der Waals surface area contributed by atoms with Gasteiger partial charge < -0.3 is 39.3 Å². The molecule has 12 nitrogen and oxygen atoms in total. The number of aliphatic hydroxyl groups excluding tert-OH is 1. The zero-order valence-corrected chi connectivity index (χ0v) is 20.8. The lowest BCUT2D eigenvalue weighted by molar-refractivity contribution is -0.136. The van der Waals surface area contributed by atoms with Gasteiger partial charge in [-0.25, -0.2) is 9.59 Å². The molecule has 1 aromatic heterocycles. The summed E-state index contributed by atoms with van der Waals surface area (Å²) in [7, 11) is 5.00. The number of ether oxygens (including phenoxy) is 3. The SMILES string of the molecule is CCOc1cc([C@H]2NC(=O)NC(C)=C2C(=O)OC)ccc1OC[C@@H](O)N/N=C\c1ccc(N(C)C)o1. The minimum atomic E-state index is -1.11. The Labute approximate surface area is 208 Å². The number of amides is 2. The fourth-order valence-electron chi connectivity index (χ4n) is 3.46. The van der Waals surface area contributed by atoms with Crippen LogP contribution >= 0.6 is 0 Å². The second-order valence-corrected chi connectivity index (χ2v) is 7.99. The zero-order chi connectivity index (χ0) is 26.2. The highest BCUT2D eigenvalue weighted by molar-refractivity contribution is 5.95. The lowest BCUT2D eigenvalue weighted by Crippen LogP contribution is -2.45. The number of allylic oxidation sites excluding steroid dienone is 1. The van der Waals surface area contributed by atoms with Crippen LogP contribution in [0.5, 0.6) is 11.5 Å². The van der Waals surface area contributed by atoms with Gasteiger partial charge in [-0.2, -0.15) is 5.10 Å². The Bertz CT molecular complexity index is 1140. The molecular weight excluding hydrogens is 470 g/mol. The Kier molecular flexibility index (Phi) is 8.79. The van der Waals surface area contributed by atoms with E-state index in [-0.39, 0.29) is 12.2 Å². The van der Waals surface area contributed by atoms with E-state index in [4.69, 9.17) is 18.6 Å². The van der Waals surface area contributed by atoms with Crippen molar-refractivity contribution in [3.63, 3.8) is 0 Å². The van der Waals surface area contributed by atoms with E-state index in [0.717, 1.165) is 0 Å². The van der Waals surface area contributed by atoms with Crippen molar-refractivity contribution < 1.29 is 33.3 Å². The summed E-state index contributed by atoms with van der Waals surface area (Å²) >= 11 is 0. The molecule has 0 spiro atoms. The number of furan rings is 1. The number of aliphatic hydroxyl groups is 1. The maximum absolute atomic E-state index is 12.3. The first-order valence-electron chi connectivity index (χ1n) is 11.2. The molecule has 1 aliphatic heterocycles. The molecule has 0 radical (unpaired) electrons. The average molecular weight is 502 g/mol. The third kappa shape index (κ3) is 6.48. The minimum Gasteiger partial charge on any atom is -0.490 e. The summed E-state index contributed by atoms with van der Waals surface area (Å²) in [6, 6.07) is 7.39. The van der Waals surface area contributed by atoms with Crippen LogP contribution in [0.1, 0.15) is 31.2 Å². The van der Waals surface area contributed by atoms with Crippen molar-refractivity contribution in [2.45, 2.75) is 26.1 Å². The van der Waals surface area contributed by atoms with E-state index in [1.165, 1.54) is 13.3 Å². The quantitative estimate of drug-likeness (QED) is 0.157. The number of carbonyl (C=O) groups excluding carboxylic acids is 2. The highest BCUT2D eigenvalue weighted by atomic mass is 16.5. The summed E-state index contributed by atoms with van der Waals surface area (Å²) in [4.78, 5) is 26.2. The second-order valence-electron chi connectivity index (χ2n) is 7.99. The molecule has 12 heteroatoms. The highest BCUT2D eigenvalue weighted by Crippen LogP contribution is 2.34. The first-order valence-corrected chi connectivity index (χ1v) is 11.2. The van der Waals surface area contributed by atoms with Crippen LogP contribution in [0.3, 0.4) is 0 Å². The molecular formula is C24H31N5O7. The highest BCUT2D eigenvalue weighted by Gasteiger charge is 2.32. The summed E-state index contributed by atoms with van der Waals surface area (Å²) in [6.45, 7) is 3.66. The standard InChI is InChI=1S/C24H31N5O7/c1-6-34-18-11-15(22-21(23(31)33-5)14(2)26-24(32)27-22)7-9-17(18)35-13-19(30)28-25-12-16-8-10-20(36-16)29(3)4/h7-12,19,22,28,30H,6,13H2,1-5H3,(H2,26,27,32)/b25-12-/t19-,22-/m1/s1. The maximum atomic E-state index is 12.3. The van der Waals surface area contributed by atoms with Gasteiger partial charge in [0.15, 0.2) is 23.6 Å². The van der Waals surface area contributed by atoms with Gasteiger partial charge in [0.1, 0.15) is 12.4 Å². The lowest BCUT2D eigenvalue weighted by Gasteiger charge is -2.28. The molecule has 2 atom stereocenters. The van der Waals surface area contributed by atoms with Gasteiger partial charge >= 0.3 is 12.0 Å². The summed E-state index contributed by atoms with van der Waals surface area (Å²) in [5, 5.41) is 19.5. The van der Waals surface area contributed by atoms with Crippen molar-refractivity contribution in [2.24, 2.45) is 5.10 Å². The lowest BCUT2D eigenvalue weighted by atomic mass is 9.95. The van der Waals surface area contributed by atoms with Crippen molar-refractivity contribution in [1.29, 1.82) is 0 Å². The van der Waals surface area contributed by atoms with Crippen LogP contribution in [0.15, 0.2) is 51.1 Å². The smallest absolute Gasteiger partial charge is 0.337 e. The van der Waals surface area contributed by atoms with Gasteiger partial charge in [-0.1, -0.05) is 6.07 Å². The van der Waals surface area contributed by atoms with Crippen molar-refractivity contribution >= 4 is 24.1 Å². The molecule has 2 amide bonds. The number of anilines is 1. The van der Waals surface area contributed by atoms with Crippen molar-refractivity contribution in [1.82, 2.24) is 16.1 Å². The van der Waals surface area contributed by atoms with E-state index in [1.54, 1.807) is 37.3 Å². The van der Waals surface area contributed by atoms with Crippen LogP contribution in [0.2, 0.25) is 0 Å². The van der Waals surface area contributed by atoms with E-state index in [1.807, 2.05) is 25.9 Å². The topological polar surface area (TPSA) is 147 Å². The molecule has 1 aliphatic rings. The molecule has 0 saturated carbocycles. The molecule has 2 aromatic rings. The number of esters is 1. The predicted molar refractivity (Wildman–Crippen MR) is 132 cm³/mol. The number of hydrogen-bond acceptors (Lipinski definition) is 10. The Morgan fingerprint density at radius 1 is 1.28 bits per heavy atom. The number of rotatable bonds is 11. The molecule has 36 heavy (non-hydrogen) atoms. The predicted octanol–water partition coefficient (Wildman–Crippen LogP) is 1.87. The third-order valence-electron chi connectivity index (χ3n) is 5.14. The number of carbonyl (C=O) groups is 2.